The van der Waals surface area contributed by atoms with E-state index < -0.39 is 11.2 Å². The van der Waals surface area contributed by atoms with Crippen LogP contribution in [-0.2, 0) is 0 Å². The van der Waals surface area contributed by atoms with Crippen molar-refractivity contribution in [3.63, 3.8) is 0 Å². The van der Waals surface area contributed by atoms with Crippen LogP contribution in [0.3, 0.4) is 0 Å². The number of piperazine rings is 1. The number of hydrogen-bond donors (Lipinski definition) is 1. The van der Waals surface area contributed by atoms with Crippen molar-refractivity contribution in [3.05, 3.63) is 61.0 Å². The Labute approximate surface area is 186 Å². The van der Waals surface area contributed by atoms with Crippen LogP contribution in [0.4, 0.5) is 5.82 Å². The molecule has 0 aromatic carbocycles. The van der Waals surface area contributed by atoms with E-state index in [9.17, 15) is 14.4 Å². The Hall–Kier alpha value is -2.91. The van der Waals surface area contributed by atoms with Gasteiger partial charge in [-0.2, -0.15) is 0 Å². The van der Waals surface area contributed by atoms with Gasteiger partial charge < -0.3 is 9.80 Å². The number of pyridine rings is 2. The first-order valence-corrected chi connectivity index (χ1v) is 10.7. The molecule has 1 saturated heterocycles. The van der Waals surface area contributed by atoms with Gasteiger partial charge in [-0.15, -0.1) is 0 Å². The van der Waals surface area contributed by atoms with Crippen LogP contribution in [0, 0.1) is 0 Å². The summed E-state index contributed by atoms with van der Waals surface area (Å²) in [6, 6.07) is 3.22. The summed E-state index contributed by atoms with van der Waals surface area (Å²) in [6.45, 7) is 2.05. The number of aromatic amines is 1. The van der Waals surface area contributed by atoms with Gasteiger partial charge in [0.1, 0.15) is 11.5 Å². The largest absolute Gasteiger partial charge is 0.352 e. The Kier molecular flexibility index (Phi) is 4.94. The number of amides is 1. The summed E-state index contributed by atoms with van der Waals surface area (Å²) in [6.07, 6.45) is 4.73. The molecule has 160 valence electrons. The second kappa shape index (κ2) is 7.65. The zero-order valence-corrected chi connectivity index (χ0v) is 17.9. The lowest BCUT2D eigenvalue weighted by Crippen LogP contribution is -2.49. The Balaban J connectivity index is 1.37. The molecule has 9 nitrogen and oxygen atoms in total. The van der Waals surface area contributed by atoms with Gasteiger partial charge in [-0.05, 0) is 25.0 Å². The number of nitrogens with one attached hydrogen (secondary N) is 1. The van der Waals surface area contributed by atoms with Crippen molar-refractivity contribution in [1.29, 1.82) is 0 Å². The van der Waals surface area contributed by atoms with E-state index in [1.807, 2.05) is 4.90 Å². The van der Waals surface area contributed by atoms with E-state index >= 15 is 0 Å². The van der Waals surface area contributed by atoms with Crippen molar-refractivity contribution in [1.82, 2.24) is 24.4 Å². The number of hydrogen-bond acceptors (Lipinski definition) is 6. The monoisotopic (exact) mass is 460 g/mol. The smallest absolute Gasteiger partial charge is 0.330 e. The quantitative estimate of drug-likeness (QED) is 0.641. The molecule has 3 aromatic rings. The predicted octanol–water partition coefficient (Wildman–Crippen LogP) is 2.08. The first kappa shape index (κ1) is 20.0. The van der Waals surface area contributed by atoms with Crippen LogP contribution in [0.15, 0.2) is 34.1 Å². The predicted molar refractivity (Wildman–Crippen MR) is 117 cm³/mol. The maximum atomic E-state index is 13.0. The van der Waals surface area contributed by atoms with Crippen LogP contribution < -0.4 is 16.1 Å². The lowest BCUT2D eigenvalue weighted by molar-refractivity contribution is 0.0746. The number of halogens is 2. The van der Waals surface area contributed by atoms with E-state index in [1.54, 1.807) is 17.2 Å². The zero-order valence-electron chi connectivity index (χ0n) is 16.3. The zero-order chi connectivity index (χ0) is 21.7. The topological polar surface area (TPSA) is 104 Å². The molecule has 0 spiro atoms. The molecule has 1 N–H and O–H groups in total. The van der Waals surface area contributed by atoms with E-state index in [1.165, 1.54) is 16.8 Å². The molecule has 2 aliphatic rings. The number of H-pyrrole nitrogens is 1. The van der Waals surface area contributed by atoms with E-state index in [-0.39, 0.29) is 17.3 Å². The molecule has 1 aliphatic heterocycles. The van der Waals surface area contributed by atoms with Crippen LogP contribution >= 0.6 is 23.2 Å². The second-order valence-electron chi connectivity index (χ2n) is 7.69. The van der Waals surface area contributed by atoms with Crippen molar-refractivity contribution in [2.45, 2.75) is 18.9 Å². The van der Waals surface area contributed by atoms with Gasteiger partial charge in [0.2, 0.25) is 0 Å². The van der Waals surface area contributed by atoms with Crippen molar-refractivity contribution in [2.75, 3.05) is 31.1 Å². The van der Waals surface area contributed by atoms with E-state index in [4.69, 9.17) is 23.2 Å². The van der Waals surface area contributed by atoms with Crippen LogP contribution in [-0.4, -0.2) is 56.5 Å². The summed E-state index contributed by atoms with van der Waals surface area (Å²) in [7, 11) is 0. The molecule has 2 fully saturated rings. The third kappa shape index (κ3) is 3.68. The Morgan fingerprint density at radius 3 is 2.45 bits per heavy atom. The van der Waals surface area contributed by atoms with E-state index in [0.29, 0.717) is 53.3 Å². The van der Waals surface area contributed by atoms with Gasteiger partial charge in [-0.3, -0.25) is 19.1 Å². The number of rotatable bonds is 3. The molecule has 4 heterocycles. The van der Waals surface area contributed by atoms with Gasteiger partial charge in [0.05, 0.1) is 21.0 Å². The number of anilines is 1. The van der Waals surface area contributed by atoms with Gasteiger partial charge in [0.25, 0.3) is 11.5 Å². The lowest BCUT2D eigenvalue weighted by atomic mass is 10.2. The van der Waals surface area contributed by atoms with Crippen molar-refractivity contribution < 1.29 is 4.79 Å². The van der Waals surface area contributed by atoms with E-state index in [0.717, 1.165) is 12.8 Å². The normalized spacial score (nSPS) is 16.7. The number of carbonyl (C=O) groups is 1. The van der Waals surface area contributed by atoms with E-state index in [2.05, 4.69) is 15.0 Å². The standard InChI is InChI=1S/C20H18Cl2N6O3/c21-12-8-15(22)17(24-10-12)26-3-5-27(6-4-26)19(30)11-7-14-16(23-9-11)28(13-1-2-13)20(31)25-18(14)29/h7-10,13H,1-6H2,(H,25,29,31). The summed E-state index contributed by atoms with van der Waals surface area (Å²) in [4.78, 5) is 52.2. The first-order chi connectivity index (χ1) is 14.9. The van der Waals surface area contributed by atoms with Crippen LogP contribution in [0.2, 0.25) is 10.0 Å². The average Bonchev–Trinajstić information content (AvgIpc) is 3.58. The number of aromatic nitrogens is 4. The summed E-state index contributed by atoms with van der Waals surface area (Å²) in [5, 5.41) is 1.17. The molecule has 11 heteroatoms. The van der Waals surface area contributed by atoms with Gasteiger partial charge >= 0.3 is 5.69 Å². The van der Waals surface area contributed by atoms with Crippen LogP contribution in [0.25, 0.3) is 11.0 Å². The summed E-state index contributed by atoms with van der Waals surface area (Å²) in [5.41, 5.74) is -0.360. The van der Waals surface area contributed by atoms with Crippen LogP contribution in [0.1, 0.15) is 29.2 Å². The molecule has 1 aliphatic carbocycles. The molecular formula is C20H18Cl2N6O3. The molecule has 0 unspecified atom stereocenters. The average molecular weight is 461 g/mol. The van der Waals surface area contributed by atoms with Gasteiger partial charge in [-0.25, -0.2) is 14.8 Å². The molecule has 3 aromatic heterocycles. The minimum atomic E-state index is -0.535. The van der Waals surface area contributed by atoms with Gasteiger partial charge in [0.15, 0.2) is 0 Å². The Bertz CT molecular complexity index is 1310. The highest BCUT2D eigenvalue weighted by Gasteiger charge is 2.29. The minimum absolute atomic E-state index is 0.0577. The first-order valence-electron chi connectivity index (χ1n) is 9.92. The van der Waals surface area contributed by atoms with Crippen molar-refractivity contribution in [3.8, 4) is 0 Å². The molecule has 1 saturated carbocycles. The van der Waals surface area contributed by atoms with Crippen molar-refractivity contribution in [2.24, 2.45) is 0 Å². The fourth-order valence-electron chi connectivity index (χ4n) is 3.87. The molecule has 31 heavy (non-hydrogen) atoms. The van der Waals surface area contributed by atoms with Crippen molar-refractivity contribution >= 4 is 46.0 Å². The summed E-state index contributed by atoms with van der Waals surface area (Å²) >= 11 is 12.2. The maximum absolute atomic E-state index is 13.0. The number of nitrogens with zero attached hydrogens (tertiary/aromatic N) is 5. The third-order valence-corrected chi connectivity index (χ3v) is 6.08. The lowest BCUT2D eigenvalue weighted by Gasteiger charge is -2.35. The molecule has 0 atom stereocenters. The fraction of sp³-hybridized carbons (Fsp3) is 0.350. The summed E-state index contributed by atoms with van der Waals surface area (Å²) < 4.78 is 1.51. The maximum Gasteiger partial charge on any atom is 0.330 e. The van der Waals surface area contributed by atoms with Gasteiger partial charge in [-0.1, -0.05) is 23.2 Å². The Morgan fingerprint density at radius 1 is 1.03 bits per heavy atom. The fourth-order valence-corrected chi connectivity index (χ4v) is 4.37. The highest BCUT2D eigenvalue weighted by atomic mass is 35.5. The SMILES string of the molecule is O=C(c1cnc2c(c1)c(=O)[nH]c(=O)n2C1CC1)N1CCN(c2ncc(Cl)cc2Cl)CC1. The second-order valence-corrected chi connectivity index (χ2v) is 8.54. The molecule has 1 amide bonds. The number of carbonyl (C=O) groups excluding carboxylic acids is 1. The molecule has 5 rings (SSSR count). The number of fused-ring (bicyclic) bond motifs is 1. The minimum Gasteiger partial charge on any atom is -0.352 e. The highest BCUT2D eigenvalue weighted by Crippen LogP contribution is 2.34. The third-order valence-electron chi connectivity index (χ3n) is 5.59. The highest BCUT2D eigenvalue weighted by molar-refractivity contribution is 6.36. The van der Waals surface area contributed by atoms with Crippen LogP contribution in [0.5, 0.6) is 0 Å². The van der Waals surface area contributed by atoms with Gasteiger partial charge in [0, 0.05) is 44.6 Å². The molecular weight excluding hydrogens is 443 g/mol. The molecule has 0 bridgehead atoms. The summed E-state index contributed by atoms with van der Waals surface area (Å²) in [5.74, 6) is 0.419. The molecule has 0 radical (unpaired) electrons. The Morgan fingerprint density at radius 2 is 1.77 bits per heavy atom.